The van der Waals surface area contributed by atoms with Crippen LogP contribution in [-0.2, 0) is 46.6 Å². The van der Waals surface area contributed by atoms with Crippen molar-refractivity contribution < 1.29 is 33.3 Å². The van der Waals surface area contributed by atoms with E-state index in [1.54, 1.807) is 13.8 Å². The molecule has 0 aliphatic rings. The number of hydrogen-bond acceptors (Lipinski definition) is 11. The van der Waals surface area contributed by atoms with Gasteiger partial charge in [0.1, 0.15) is 19.0 Å². The molecular weight excluding hydrogens is 454 g/mol. The first kappa shape index (κ1) is 26.2. The number of ether oxygens (including phenoxy) is 4. The van der Waals surface area contributed by atoms with Crippen LogP contribution in [0.1, 0.15) is 26.5 Å². The molecule has 2 rings (SSSR count). The summed E-state index contributed by atoms with van der Waals surface area (Å²) in [5.74, 6) is -2.25. The van der Waals surface area contributed by atoms with Crippen molar-refractivity contribution in [2.75, 3.05) is 26.4 Å². The number of carbonyl (C=O) groups is 3. The van der Waals surface area contributed by atoms with Crippen LogP contribution in [0.25, 0.3) is 5.70 Å². The topological polar surface area (TPSA) is 163 Å². The summed E-state index contributed by atoms with van der Waals surface area (Å²) in [7, 11) is 0. The maximum atomic E-state index is 13.1. The Kier molecular flexibility index (Phi) is 9.89. The van der Waals surface area contributed by atoms with Crippen molar-refractivity contribution in [3.05, 3.63) is 51.1 Å². The van der Waals surface area contributed by atoms with Gasteiger partial charge in [0.15, 0.2) is 0 Å². The normalized spacial score (nSPS) is 11.2. The maximum absolute atomic E-state index is 13.1. The van der Waals surface area contributed by atoms with E-state index in [9.17, 15) is 24.0 Å². The van der Waals surface area contributed by atoms with E-state index in [1.165, 1.54) is 17.8 Å². The van der Waals surface area contributed by atoms with Gasteiger partial charge in [-0.25, -0.2) is 19.1 Å². The van der Waals surface area contributed by atoms with Crippen molar-refractivity contribution in [2.45, 2.75) is 34.0 Å². The summed E-state index contributed by atoms with van der Waals surface area (Å²) >= 11 is 0. The van der Waals surface area contributed by atoms with E-state index in [4.69, 9.17) is 18.9 Å². The minimum atomic E-state index is -0.948. The minimum Gasteiger partial charge on any atom is -0.463 e. The number of carbonyl (C=O) groups excluding carboxylic acids is 3. The van der Waals surface area contributed by atoms with E-state index < -0.39 is 34.9 Å². The van der Waals surface area contributed by atoms with Crippen LogP contribution < -0.4 is 11.2 Å². The van der Waals surface area contributed by atoms with E-state index in [1.807, 2.05) is 0 Å². The second-order valence-corrected chi connectivity index (χ2v) is 6.50. The third-order valence-electron chi connectivity index (χ3n) is 4.12. The summed E-state index contributed by atoms with van der Waals surface area (Å²) in [5, 5.41) is 7.59. The highest BCUT2D eigenvalue weighted by molar-refractivity contribution is 6.14. The molecule has 0 spiro atoms. The Hall–Kier alpha value is -4.07. The molecule has 0 saturated carbocycles. The molecule has 0 amide bonds. The molecule has 0 atom stereocenters. The number of nitrogens with zero attached hydrogens (tertiary/aromatic N) is 5. The average Bonchev–Trinajstić information content (AvgIpc) is 3.22. The SMILES string of the molecule is CCOC(=O)/C=C(\C(=O)OCC)n1ccc(=O)n(Cc2cnnn2COCCOC(C)=O)c1=O. The zero-order valence-corrected chi connectivity index (χ0v) is 19.0. The summed E-state index contributed by atoms with van der Waals surface area (Å²) in [5.41, 5.74) is -1.64. The highest BCUT2D eigenvalue weighted by Crippen LogP contribution is 2.06. The summed E-state index contributed by atoms with van der Waals surface area (Å²) < 4.78 is 22.8. The molecule has 2 aromatic heterocycles. The molecule has 0 aromatic carbocycles. The fourth-order valence-corrected chi connectivity index (χ4v) is 2.64. The van der Waals surface area contributed by atoms with Crippen molar-refractivity contribution in [3.63, 3.8) is 0 Å². The molecule has 14 heteroatoms. The van der Waals surface area contributed by atoms with E-state index in [0.717, 1.165) is 27.5 Å². The Bertz CT molecular complexity index is 1160. The highest BCUT2D eigenvalue weighted by atomic mass is 16.6. The van der Waals surface area contributed by atoms with Gasteiger partial charge in [-0.3, -0.25) is 18.7 Å². The summed E-state index contributed by atoms with van der Waals surface area (Å²) in [4.78, 5) is 60.6. The highest BCUT2D eigenvalue weighted by Gasteiger charge is 2.20. The molecule has 2 heterocycles. The largest absolute Gasteiger partial charge is 0.463 e. The predicted octanol–water partition coefficient (Wildman–Crippen LogP) is -0.846. The molecule has 0 N–H and O–H groups in total. The van der Waals surface area contributed by atoms with E-state index in [0.29, 0.717) is 5.69 Å². The molecule has 34 heavy (non-hydrogen) atoms. The molecule has 0 radical (unpaired) electrons. The lowest BCUT2D eigenvalue weighted by atomic mass is 10.3. The Morgan fingerprint density at radius 2 is 1.79 bits per heavy atom. The fraction of sp³-hybridized carbons (Fsp3) is 0.450. The van der Waals surface area contributed by atoms with Crippen LogP contribution in [-0.4, -0.2) is 68.5 Å². The first-order valence-electron chi connectivity index (χ1n) is 10.2. The number of hydrogen-bond donors (Lipinski definition) is 0. The van der Waals surface area contributed by atoms with Gasteiger partial charge in [-0.15, -0.1) is 5.10 Å². The first-order chi connectivity index (χ1) is 16.3. The lowest BCUT2D eigenvalue weighted by Crippen LogP contribution is -2.40. The number of rotatable bonds is 12. The molecule has 184 valence electrons. The second kappa shape index (κ2) is 12.8. The molecule has 0 aliphatic heterocycles. The van der Waals surface area contributed by atoms with Crippen molar-refractivity contribution >= 4 is 23.6 Å². The van der Waals surface area contributed by atoms with Gasteiger partial charge in [0.25, 0.3) is 5.56 Å². The van der Waals surface area contributed by atoms with E-state index >= 15 is 0 Å². The molecule has 0 unspecified atom stereocenters. The lowest BCUT2D eigenvalue weighted by Gasteiger charge is -2.13. The van der Waals surface area contributed by atoms with Crippen LogP contribution in [0.4, 0.5) is 0 Å². The molecule has 14 nitrogen and oxygen atoms in total. The minimum absolute atomic E-state index is 0.00427. The van der Waals surface area contributed by atoms with Gasteiger partial charge >= 0.3 is 23.6 Å². The summed E-state index contributed by atoms with van der Waals surface area (Å²) in [6.07, 6.45) is 3.22. The quantitative estimate of drug-likeness (QED) is 0.161. The molecule has 0 saturated heterocycles. The van der Waals surface area contributed by atoms with E-state index in [2.05, 4.69) is 10.3 Å². The molecule has 0 fully saturated rings. The Morgan fingerprint density at radius 3 is 2.47 bits per heavy atom. The molecule has 0 aliphatic carbocycles. The zero-order chi connectivity index (χ0) is 25.1. The first-order valence-corrected chi connectivity index (χ1v) is 10.2. The van der Waals surface area contributed by atoms with Crippen molar-refractivity contribution in [1.82, 2.24) is 24.1 Å². The van der Waals surface area contributed by atoms with Gasteiger partial charge in [-0.05, 0) is 13.8 Å². The van der Waals surface area contributed by atoms with Crippen LogP contribution in [0.2, 0.25) is 0 Å². The fourth-order valence-electron chi connectivity index (χ4n) is 2.64. The monoisotopic (exact) mass is 479 g/mol. The Balaban J connectivity index is 2.32. The van der Waals surface area contributed by atoms with Gasteiger partial charge in [-0.2, -0.15) is 0 Å². The van der Waals surface area contributed by atoms with Crippen LogP contribution in [0.3, 0.4) is 0 Å². The number of esters is 3. The predicted molar refractivity (Wildman–Crippen MR) is 114 cm³/mol. The van der Waals surface area contributed by atoms with Crippen molar-refractivity contribution in [1.29, 1.82) is 0 Å². The average molecular weight is 479 g/mol. The van der Waals surface area contributed by atoms with Gasteiger partial charge in [0, 0.05) is 19.2 Å². The zero-order valence-electron chi connectivity index (χ0n) is 19.0. The molecular formula is C20H25N5O9. The second-order valence-electron chi connectivity index (χ2n) is 6.50. The van der Waals surface area contributed by atoms with E-state index in [-0.39, 0.29) is 39.7 Å². The third-order valence-corrected chi connectivity index (χ3v) is 4.12. The molecule has 2 aromatic rings. The van der Waals surface area contributed by atoms with Crippen LogP contribution in [0, 0.1) is 0 Å². The molecule has 0 bridgehead atoms. The Morgan fingerprint density at radius 1 is 1.06 bits per heavy atom. The summed E-state index contributed by atoms with van der Waals surface area (Å²) in [6.45, 7) is 4.28. The lowest BCUT2D eigenvalue weighted by molar-refractivity contribution is -0.143. The maximum Gasteiger partial charge on any atom is 0.355 e. The van der Waals surface area contributed by atoms with Crippen molar-refractivity contribution in [3.8, 4) is 0 Å². The third kappa shape index (κ3) is 7.23. The van der Waals surface area contributed by atoms with Gasteiger partial charge in [0.05, 0.1) is 44.3 Å². The Labute approximate surface area is 193 Å². The van der Waals surface area contributed by atoms with Gasteiger partial charge in [0.2, 0.25) is 0 Å². The van der Waals surface area contributed by atoms with Crippen molar-refractivity contribution in [2.24, 2.45) is 0 Å². The smallest absolute Gasteiger partial charge is 0.355 e. The number of aromatic nitrogens is 5. The van der Waals surface area contributed by atoms with Crippen LogP contribution >= 0.6 is 0 Å². The van der Waals surface area contributed by atoms with Gasteiger partial charge in [-0.1, -0.05) is 5.21 Å². The summed E-state index contributed by atoms with van der Waals surface area (Å²) in [6, 6.07) is 1.06. The standard InChI is InChI=1S/C20H25N5O9/c1-4-32-18(28)10-16(19(29)33-5-2)23-7-6-17(27)24(20(23)30)12-15-11-21-22-25(15)13-31-8-9-34-14(3)26/h6-7,10-11H,4-5,8-9,12-13H2,1-3H3/b16-10+. The van der Waals surface area contributed by atoms with Crippen LogP contribution in [0.5, 0.6) is 0 Å². The van der Waals surface area contributed by atoms with Gasteiger partial charge < -0.3 is 18.9 Å². The van der Waals surface area contributed by atoms with Crippen LogP contribution in [0.15, 0.2) is 34.1 Å².